The van der Waals surface area contributed by atoms with E-state index in [0.29, 0.717) is 15.9 Å². The molecule has 3 aromatic rings. The summed E-state index contributed by atoms with van der Waals surface area (Å²) in [7, 11) is -3.79. The fraction of sp³-hybridized carbons (Fsp3) is 0.118. The number of rotatable bonds is 5. The molecule has 1 atom stereocenters. The van der Waals surface area contributed by atoms with Crippen LogP contribution in [0.15, 0.2) is 42.5 Å². The quantitative estimate of drug-likeness (QED) is 0.666. The minimum atomic E-state index is -3.79. The van der Waals surface area contributed by atoms with E-state index in [1.54, 1.807) is 25.1 Å². The normalized spacial score (nSPS) is 13.7. The van der Waals surface area contributed by atoms with Gasteiger partial charge in [-0.1, -0.05) is 17.7 Å². The molecule has 0 aliphatic carbocycles. The predicted molar refractivity (Wildman–Crippen MR) is 96.7 cm³/mol. The summed E-state index contributed by atoms with van der Waals surface area (Å²) in [6.45, 7) is 1.76. The van der Waals surface area contributed by atoms with Gasteiger partial charge in [0.2, 0.25) is 0 Å². The third-order valence-electron chi connectivity index (χ3n) is 3.73. The molecule has 3 N–H and O–H groups in total. The number of amides is 1. The van der Waals surface area contributed by atoms with Crippen molar-refractivity contribution < 1.29 is 18.3 Å². The molecule has 130 valence electrons. The van der Waals surface area contributed by atoms with Crippen LogP contribution in [-0.4, -0.2) is 17.5 Å². The van der Waals surface area contributed by atoms with Gasteiger partial charge < -0.3 is 15.2 Å². The summed E-state index contributed by atoms with van der Waals surface area (Å²) in [5, 5.41) is 1.08. The molecular formula is C17H15ClFN2O3P. The molecule has 1 aromatic heterocycles. The molecule has 0 aliphatic rings. The molecule has 0 spiro atoms. The number of aromatic nitrogens is 1. The van der Waals surface area contributed by atoms with E-state index in [9.17, 15) is 13.8 Å². The van der Waals surface area contributed by atoms with Crippen molar-refractivity contribution in [1.29, 1.82) is 0 Å². The molecule has 0 aliphatic heterocycles. The minimum Gasteiger partial charge on any atom is -0.364 e. The van der Waals surface area contributed by atoms with Gasteiger partial charge in [-0.3, -0.25) is 9.36 Å². The van der Waals surface area contributed by atoms with Crippen LogP contribution >= 0.6 is 19.0 Å². The number of halogens is 2. The number of hydrogen-bond acceptors (Lipinski definition) is 3. The lowest BCUT2D eigenvalue weighted by atomic mass is 10.2. The summed E-state index contributed by atoms with van der Waals surface area (Å²) in [6, 6.07) is 10.1. The van der Waals surface area contributed by atoms with Gasteiger partial charge in [0.05, 0.1) is 11.9 Å². The molecule has 8 heteroatoms. The number of benzene rings is 2. The number of hydrogen-bond donors (Lipinski definition) is 2. The number of nitrogens with two attached hydrogens (primary N) is 1. The Kier molecular flexibility index (Phi) is 4.69. The van der Waals surface area contributed by atoms with E-state index >= 15 is 0 Å². The Morgan fingerprint density at radius 1 is 1.32 bits per heavy atom. The molecule has 3 rings (SSSR count). The van der Waals surface area contributed by atoms with Crippen LogP contribution in [0.25, 0.3) is 10.9 Å². The largest absolute Gasteiger partial charge is 0.364 e. The summed E-state index contributed by atoms with van der Waals surface area (Å²) >= 11 is 6.06. The van der Waals surface area contributed by atoms with Gasteiger partial charge >= 0.3 is 0 Å². The van der Waals surface area contributed by atoms with Gasteiger partial charge in [-0.25, -0.2) is 4.39 Å². The summed E-state index contributed by atoms with van der Waals surface area (Å²) in [5.74, 6) is -1.35. The zero-order valence-corrected chi connectivity index (χ0v) is 14.9. The predicted octanol–water partition coefficient (Wildman–Crippen LogP) is 3.32. The maximum absolute atomic E-state index is 13.8. The minimum absolute atomic E-state index is 0.0432. The molecule has 1 heterocycles. The van der Waals surface area contributed by atoms with Crippen LogP contribution in [0.2, 0.25) is 5.02 Å². The highest BCUT2D eigenvalue weighted by Gasteiger charge is 2.36. The molecule has 2 aromatic carbocycles. The van der Waals surface area contributed by atoms with E-state index in [1.165, 1.54) is 18.2 Å². The lowest BCUT2D eigenvalue weighted by molar-refractivity contribution is 0.0997. The Bertz CT molecular complexity index is 1020. The second-order valence-electron chi connectivity index (χ2n) is 5.35. The lowest BCUT2D eigenvalue weighted by Crippen LogP contribution is -2.26. The summed E-state index contributed by atoms with van der Waals surface area (Å²) < 4.78 is 33.1. The molecular weight excluding hydrogens is 366 g/mol. The van der Waals surface area contributed by atoms with Crippen LogP contribution in [0.5, 0.6) is 0 Å². The Morgan fingerprint density at radius 3 is 2.72 bits per heavy atom. The molecule has 0 saturated carbocycles. The summed E-state index contributed by atoms with van der Waals surface area (Å²) in [4.78, 5) is 14.8. The van der Waals surface area contributed by atoms with E-state index in [4.69, 9.17) is 21.9 Å². The van der Waals surface area contributed by atoms with E-state index in [0.717, 1.165) is 6.07 Å². The van der Waals surface area contributed by atoms with Crippen molar-refractivity contribution >= 4 is 46.4 Å². The smallest absolute Gasteiger partial charge is 0.266 e. The number of H-pyrrole nitrogens is 1. The molecule has 1 unspecified atom stereocenters. The summed E-state index contributed by atoms with van der Waals surface area (Å²) in [6.07, 6.45) is 0. The second-order valence-corrected chi connectivity index (χ2v) is 8.11. The Balaban J connectivity index is 2.40. The third-order valence-corrected chi connectivity index (χ3v) is 6.60. The summed E-state index contributed by atoms with van der Waals surface area (Å²) in [5.41, 5.74) is 5.95. The zero-order chi connectivity index (χ0) is 18.2. The average Bonchev–Trinajstić information content (AvgIpc) is 2.94. The molecule has 5 nitrogen and oxygen atoms in total. The second kappa shape index (κ2) is 6.64. The van der Waals surface area contributed by atoms with E-state index < -0.39 is 19.1 Å². The SMILES string of the molecule is CCOP(=O)(c1cccc(F)c1)c1c(C(N)=O)[nH]c2ccc(Cl)cc12. The highest BCUT2D eigenvalue weighted by Crippen LogP contribution is 2.48. The Morgan fingerprint density at radius 2 is 2.08 bits per heavy atom. The van der Waals surface area contributed by atoms with Crippen LogP contribution in [0, 0.1) is 5.82 Å². The monoisotopic (exact) mass is 380 g/mol. The lowest BCUT2D eigenvalue weighted by Gasteiger charge is -2.19. The number of carbonyl (C=O) groups excluding carboxylic acids is 1. The highest BCUT2D eigenvalue weighted by molar-refractivity contribution is 7.75. The molecule has 0 saturated heterocycles. The van der Waals surface area contributed by atoms with Crippen molar-refractivity contribution in [3.63, 3.8) is 0 Å². The molecule has 0 bridgehead atoms. The zero-order valence-electron chi connectivity index (χ0n) is 13.3. The van der Waals surface area contributed by atoms with Crippen molar-refractivity contribution in [1.82, 2.24) is 4.98 Å². The van der Waals surface area contributed by atoms with Gasteiger partial charge in [0.1, 0.15) is 11.5 Å². The van der Waals surface area contributed by atoms with Gasteiger partial charge in [0, 0.05) is 21.2 Å². The third kappa shape index (κ3) is 3.09. The van der Waals surface area contributed by atoms with Crippen LogP contribution in [0.3, 0.4) is 0 Å². The van der Waals surface area contributed by atoms with Crippen molar-refractivity contribution in [3.05, 3.63) is 59.0 Å². The molecule has 0 radical (unpaired) electrons. The fourth-order valence-corrected chi connectivity index (χ4v) is 5.35. The van der Waals surface area contributed by atoms with E-state index in [-0.39, 0.29) is 22.9 Å². The molecule has 1 amide bonds. The molecule has 25 heavy (non-hydrogen) atoms. The van der Waals surface area contributed by atoms with Crippen molar-refractivity contribution in [2.45, 2.75) is 6.92 Å². The van der Waals surface area contributed by atoms with Crippen LogP contribution in [0.4, 0.5) is 4.39 Å². The number of primary amides is 1. The van der Waals surface area contributed by atoms with Crippen LogP contribution in [-0.2, 0) is 9.09 Å². The first-order chi connectivity index (χ1) is 11.9. The van der Waals surface area contributed by atoms with Gasteiger partial charge in [0.15, 0.2) is 0 Å². The van der Waals surface area contributed by atoms with E-state index in [1.807, 2.05) is 0 Å². The first kappa shape index (κ1) is 17.7. The standard InChI is InChI=1S/C17H15ClFN2O3P/c1-2-24-25(23,12-5-3-4-11(19)9-12)16-13-8-10(18)6-7-14(13)21-15(16)17(20)22/h3-9,21H,2H2,1H3,(H2,20,22). The van der Waals surface area contributed by atoms with Crippen LogP contribution < -0.4 is 16.3 Å². The van der Waals surface area contributed by atoms with Crippen LogP contribution in [0.1, 0.15) is 17.4 Å². The topological polar surface area (TPSA) is 85.2 Å². The van der Waals surface area contributed by atoms with Gasteiger partial charge in [-0.2, -0.15) is 0 Å². The van der Waals surface area contributed by atoms with Crippen molar-refractivity contribution in [3.8, 4) is 0 Å². The number of carbonyl (C=O) groups is 1. The number of nitrogens with one attached hydrogen (secondary N) is 1. The number of fused-ring (bicyclic) bond motifs is 1. The Labute approximate surface area is 148 Å². The highest BCUT2D eigenvalue weighted by atomic mass is 35.5. The first-order valence-corrected chi connectivity index (χ1v) is 9.49. The van der Waals surface area contributed by atoms with Gasteiger partial charge in [0.25, 0.3) is 13.3 Å². The Hall–Kier alpha value is -2.14. The maximum atomic E-state index is 13.8. The molecule has 0 fully saturated rings. The van der Waals surface area contributed by atoms with Gasteiger partial charge in [-0.15, -0.1) is 0 Å². The fourth-order valence-electron chi connectivity index (χ4n) is 2.74. The maximum Gasteiger partial charge on any atom is 0.266 e. The van der Waals surface area contributed by atoms with Crippen molar-refractivity contribution in [2.75, 3.05) is 6.61 Å². The average molecular weight is 381 g/mol. The first-order valence-electron chi connectivity index (χ1n) is 7.49. The van der Waals surface area contributed by atoms with E-state index in [2.05, 4.69) is 4.98 Å². The number of aromatic amines is 1. The van der Waals surface area contributed by atoms with Gasteiger partial charge in [-0.05, 0) is 43.3 Å². The van der Waals surface area contributed by atoms with Crippen molar-refractivity contribution in [2.24, 2.45) is 5.73 Å².